The van der Waals surface area contributed by atoms with Crippen LogP contribution in [0.2, 0.25) is 0 Å². The highest BCUT2D eigenvalue weighted by atomic mass is 16.6. The Hall–Kier alpha value is -1.14. The van der Waals surface area contributed by atoms with Crippen molar-refractivity contribution in [3.8, 4) is 0 Å². The third-order valence-corrected chi connectivity index (χ3v) is 3.42. The zero-order valence-corrected chi connectivity index (χ0v) is 9.77. The van der Waals surface area contributed by atoms with Crippen LogP contribution in [-0.2, 0) is 19.1 Å². The first-order valence-electron chi connectivity index (χ1n) is 5.79. The fraction of sp³-hybridized carbons (Fsp3) is 0.818. The summed E-state index contributed by atoms with van der Waals surface area (Å²) in [5.41, 5.74) is -0.0739. The molecule has 1 saturated carbocycles. The van der Waals surface area contributed by atoms with Crippen molar-refractivity contribution < 1.29 is 24.2 Å². The van der Waals surface area contributed by atoms with E-state index in [-0.39, 0.29) is 24.0 Å². The number of ether oxygens (including phenoxy) is 2. The molecule has 1 heterocycles. The summed E-state index contributed by atoms with van der Waals surface area (Å²) < 4.78 is 10.0. The maximum atomic E-state index is 11.1. The molecular weight excluding hydrogens is 226 g/mol. The fourth-order valence-electron chi connectivity index (χ4n) is 2.43. The van der Waals surface area contributed by atoms with Crippen LogP contribution in [0.5, 0.6) is 0 Å². The molecule has 0 aromatic carbocycles. The molecule has 0 amide bonds. The van der Waals surface area contributed by atoms with Crippen LogP contribution in [0.1, 0.15) is 19.8 Å². The normalized spacial score (nSPS) is 34.2. The Morgan fingerprint density at radius 1 is 1.47 bits per heavy atom. The second-order valence-corrected chi connectivity index (χ2v) is 4.68. The van der Waals surface area contributed by atoms with Gasteiger partial charge in [-0.15, -0.1) is 0 Å². The number of aliphatic carboxylic acids is 1. The van der Waals surface area contributed by atoms with Gasteiger partial charge in [0.1, 0.15) is 12.6 Å². The third-order valence-electron chi connectivity index (χ3n) is 3.42. The minimum Gasteiger partial charge on any atom is -0.480 e. The number of carboxylic acids is 1. The van der Waals surface area contributed by atoms with E-state index in [0.717, 1.165) is 6.42 Å². The highest BCUT2D eigenvalue weighted by molar-refractivity contribution is 5.74. The molecule has 1 aliphatic carbocycles. The summed E-state index contributed by atoms with van der Waals surface area (Å²) in [6.07, 6.45) is 1.51. The summed E-state index contributed by atoms with van der Waals surface area (Å²) in [5, 5.41) is 11.9. The predicted octanol–water partition coefficient (Wildman–Crippen LogP) is -0.229. The average Bonchev–Trinajstić information content (AvgIpc) is 2.80. The fourth-order valence-corrected chi connectivity index (χ4v) is 2.43. The molecule has 2 N–H and O–H groups in total. The Labute approximate surface area is 99.3 Å². The van der Waals surface area contributed by atoms with E-state index in [0.29, 0.717) is 19.6 Å². The van der Waals surface area contributed by atoms with E-state index in [2.05, 4.69) is 5.32 Å². The third kappa shape index (κ3) is 2.58. The second-order valence-electron chi connectivity index (χ2n) is 4.68. The summed E-state index contributed by atoms with van der Waals surface area (Å²) in [6.45, 7) is 2.46. The lowest BCUT2D eigenvalue weighted by molar-refractivity contribution is -0.149. The van der Waals surface area contributed by atoms with Crippen LogP contribution in [0.4, 0.5) is 0 Å². The van der Waals surface area contributed by atoms with Crippen LogP contribution in [-0.4, -0.2) is 48.9 Å². The maximum Gasteiger partial charge on any atom is 0.332 e. The molecule has 0 aromatic rings. The van der Waals surface area contributed by atoms with Crippen molar-refractivity contribution in [3.05, 3.63) is 0 Å². The van der Waals surface area contributed by atoms with E-state index in [1.165, 1.54) is 0 Å². The average molecular weight is 243 g/mol. The maximum absolute atomic E-state index is 11.1. The topological polar surface area (TPSA) is 84.9 Å². The van der Waals surface area contributed by atoms with Crippen LogP contribution < -0.4 is 5.32 Å². The number of hydrogen-bond acceptors (Lipinski definition) is 5. The Kier molecular flexibility index (Phi) is 3.35. The molecule has 2 rings (SSSR count). The second kappa shape index (κ2) is 4.62. The molecule has 1 saturated heterocycles. The summed E-state index contributed by atoms with van der Waals surface area (Å²) in [7, 11) is 0. The van der Waals surface area contributed by atoms with Gasteiger partial charge in [-0.1, -0.05) is 0 Å². The molecule has 6 heteroatoms. The van der Waals surface area contributed by atoms with Crippen LogP contribution in [0.25, 0.3) is 0 Å². The van der Waals surface area contributed by atoms with Crippen LogP contribution in [0.3, 0.4) is 0 Å². The van der Waals surface area contributed by atoms with E-state index in [4.69, 9.17) is 14.6 Å². The zero-order valence-electron chi connectivity index (χ0n) is 9.77. The Morgan fingerprint density at radius 2 is 2.24 bits per heavy atom. The standard InChI is InChI=1S/C11H17NO5/c1-2-17-9(13)5-16-6-11-3-7(10(14)15)12-8(11)4-11/h7-8,12H,2-6H2,1H3,(H,14,15)/t7-,8-,11+/m0/s1. The van der Waals surface area contributed by atoms with Crippen molar-refractivity contribution in [3.63, 3.8) is 0 Å². The minimum atomic E-state index is -0.818. The van der Waals surface area contributed by atoms with Crippen molar-refractivity contribution in [1.82, 2.24) is 5.32 Å². The first-order chi connectivity index (χ1) is 8.07. The quantitative estimate of drug-likeness (QED) is 0.627. The van der Waals surface area contributed by atoms with Gasteiger partial charge in [-0.3, -0.25) is 4.79 Å². The van der Waals surface area contributed by atoms with Gasteiger partial charge in [-0.05, 0) is 19.8 Å². The van der Waals surface area contributed by atoms with Gasteiger partial charge < -0.3 is 19.9 Å². The van der Waals surface area contributed by atoms with Gasteiger partial charge in [0.25, 0.3) is 0 Å². The number of carbonyl (C=O) groups is 2. The number of carbonyl (C=O) groups excluding carboxylic acids is 1. The van der Waals surface area contributed by atoms with Gasteiger partial charge in [0.2, 0.25) is 0 Å². The van der Waals surface area contributed by atoms with Gasteiger partial charge in [0.15, 0.2) is 0 Å². The SMILES string of the molecule is CCOC(=O)COC[C@]12C[C@@H](C(=O)O)N[C@H]1C2. The highest BCUT2D eigenvalue weighted by Crippen LogP contribution is 2.54. The Balaban J connectivity index is 1.71. The highest BCUT2D eigenvalue weighted by Gasteiger charge is 2.61. The predicted molar refractivity (Wildman–Crippen MR) is 57.5 cm³/mol. The molecule has 0 aromatic heterocycles. The first kappa shape index (κ1) is 12.3. The summed E-state index contributed by atoms with van der Waals surface area (Å²) >= 11 is 0. The van der Waals surface area contributed by atoms with Gasteiger partial charge in [-0.2, -0.15) is 0 Å². The first-order valence-corrected chi connectivity index (χ1v) is 5.79. The van der Waals surface area contributed by atoms with E-state index in [1.54, 1.807) is 6.92 Å². The number of nitrogens with one attached hydrogen (secondary N) is 1. The molecule has 3 atom stereocenters. The molecule has 2 fully saturated rings. The Bertz CT molecular complexity index is 332. The lowest BCUT2D eigenvalue weighted by atomic mass is 10.0. The minimum absolute atomic E-state index is 0.0555. The van der Waals surface area contributed by atoms with Gasteiger partial charge >= 0.3 is 11.9 Å². The molecule has 2 aliphatic rings. The summed E-state index contributed by atoms with van der Waals surface area (Å²) in [5.74, 6) is -1.19. The van der Waals surface area contributed by atoms with Gasteiger partial charge in [-0.25, -0.2) is 4.79 Å². The molecule has 96 valence electrons. The van der Waals surface area contributed by atoms with Crippen molar-refractivity contribution >= 4 is 11.9 Å². The van der Waals surface area contributed by atoms with Crippen LogP contribution >= 0.6 is 0 Å². The van der Waals surface area contributed by atoms with E-state index in [1.807, 2.05) is 0 Å². The number of carboxylic acid groups (broad SMARTS) is 1. The summed E-state index contributed by atoms with van der Waals surface area (Å²) in [4.78, 5) is 21.9. The molecule has 0 bridgehead atoms. The van der Waals surface area contributed by atoms with Crippen molar-refractivity contribution in [2.24, 2.45) is 5.41 Å². The monoisotopic (exact) mass is 243 g/mol. The summed E-state index contributed by atoms with van der Waals surface area (Å²) in [6, 6.07) is -0.245. The number of esters is 1. The smallest absolute Gasteiger partial charge is 0.332 e. The van der Waals surface area contributed by atoms with E-state index < -0.39 is 12.0 Å². The van der Waals surface area contributed by atoms with Gasteiger partial charge in [0.05, 0.1) is 13.2 Å². The largest absolute Gasteiger partial charge is 0.480 e. The lowest BCUT2D eigenvalue weighted by Gasteiger charge is -2.13. The number of piperidine rings is 1. The van der Waals surface area contributed by atoms with Crippen molar-refractivity contribution in [2.45, 2.75) is 31.8 Å². The number of rotatable bonds is 6. The van der Waals surface area contributed by atoms with Gasteiger partial charge in [0, 0.05) is 11.5 Å². The van der Waals surface area contributed by atoms with Crippen LogP contribution in [0, 0.1) is 5.41 Å². The molecule has 0 spiro atoms. The molecule has 1 aliphatic heterocycles. The van der Waals surface area contributed by atoms with Crippen molar-refractivity contribution in [1.29, 1.82) is 0 Å². The molecule has 6 nitrogen and oxygen atoms in total. The van der Waals surface area contributed by atoms with E-state index >= 15 is 0 Å². The lowest BCUT2D eigenvalue weighted by Crippen LogP contribution is -2.33. The molecule has 0 radical (unpaired) electrons. The van der Waals surface area contributed by atoms with Crippen molar-refractivity contribution in [2.75, 3.05) is 19.8 Å². The number of fused-ring (bicyclic) bond motifs is 1. The van der Waals surface area contributed by atoms with E-state index in [9.17, 15) is 9.59 Å². The molecule has 17 heavy (non-hydrogen) atoms. The van der Waals surface area contributed by atoms with Crippen LogP contribution in [0.15, 0.2) is 0 Å². The number of hydrogen-bond donors (Lipinski definition) is 2. The molecular formula is C11H17NO5. The molecule has 0 unspecified atom stereocenters. The zero-order chi connectivity index (χ0) is 12.5. The Morgan fingerprint density at radius 3 is 2.82 bits per heavy atom.